The number of carbonyl (C=O) groups excluding carboxylic acids is 3. The molecule has 0 saturated carbocycles. The Morgan fingerprint density at radius 3 is 2.62 bits per heavy atom. The van der Waals surface area contributed by atoms with Crippen LogP contribution in [0.4, 0.5) is 21.5 Å². The number of piperidine rings is 1. The van der Waals surface area contributed by atoms with Gasteiger partial charge in [-0.2, -0.15) is 0 Å². The molecule has 2 aliphatic heterocycles. The van der Waals surface area contributed by atoms with Gasteiger partial charge in [0.15, 0.2) is 0 Å². The average Bonchev–Trinajstić information content (AvgIpc) is 2.78. The predicted octanol–water partition coefficient (Wildman–Crippen LogP) is 3.18. The van der Waals surface area contributed by atoms with Gasteiger partial charge in [-0.1, -0.05) is 6.07 Å². The zero-order valence-electron chi connectivity index (χ0n) is 18.5. The van der Waals surface area contributed by atoms with E-state index >= 15 is 0 Å². The van der Waals surface area contributed by atoms with Crippen molar-refractivity contribution in [2.45, 2.75) is 32.2 Å². The summed E-state index contributed by atoms with van der Waals surface area (Å²) in [5.41, 5.74) is 2.66. The Balaban J connectivity index is 1.66. The van der Waals surface area contributed by atoms with Crippen LogP contribution in [0.5, 0.6) is 0 Å². The van der Waals surface area contributed by atoms with Crippen molar-refractivity contribution in [3.63, 3.8) is 0 Å². The summed E-state index contributed by atoms with van der Waals surface area (Å²) in [5.74, 6) is -1.18. The molecule has 0 radical (unpaired) electrons. The number of carbonyl (C=O) groups is 3. The highest BCUT2D eigenvalue weighted by atomic mass is 19.1. The molecule has 2 aromatic rings. The lowest BCUT2D eigenvalue weighted by Crippen LogP contribution is -2.56. The second-order valence-corrected chi connectivity index (χ2v) is 8.54. The van der Waals surface area contributed by atoms with E-state index in [4.69, 9.17) is 0 Å². The Morgan fingerprint density at radius 2 is 1.91 bits per heavy atom. The smallest absolute Gasteiger partial charge is 0.253 e. The van der Waals surface area contributed by atoms with Gasteiger partial charge in [0.25, 0.3) is 5.91 Å². The number of nitrogens with one attached hydrogen (secondary N) is 1. The minimum absolute atomic E-state index is 0.156. The SMILES string of the molecule is Cc1ccc(NC(=O)CN2C(=O)C3CCCCN3c3ccc(C(=O)N(C)C)cc32)cc1F. The number of fused-ring (bicyclic) bond motifs is 3. The van der Waals surface area contributed by atoms with Gasteiger partial charge < -0.3 is 15.1 Å². The molecule has 2 aromatic carbocycles. The summed E-state index contributed by atoms with van der Waals surface area (Å²) in [6.07, 6.45) is 2.65. The molecule has 3 amide bonds. The first-order valence-corrected chi connectivity index (χ1v) is 10.8. The molecule has 1 atom stereocenters. The highest BCUT2D eigenvalue weighted by molar-refractivity contribution is 6.11. The van der Waals surface area contributed by atoms with Gasteiger partial charge in [0.05, 0.1) is 11.4 Å². The molecule has 1 N–H and O–H groups in total. The molecule has 8 heteroatoms. The van der Waals surface area contributed by atoms with Gasteiger partial charge in [0.2, 0.25) is 11.8 Å². The number of hydrogen-bond acceptors (Lipinski definition) is 4. The molecule has 168 valence electrons. The van der Waals surface area contributed by atoms with E-state index in [-0.39, 0.29) is 24.4 Å². The zero-order valence-corrected chi connectivity index (χ0v) is 18.5. The number of anilines is 3. The molecule has 7 nitrogen and oxygen atoms in total. The molecule has 1 unspecified atom stereocenters. The Kier molecular flexibility index (Phi) is 5.86. The lowest BCUT2D eigenvalue weighted by molar-refractivity contribution is -0.123. The molecule has 4 rings (SSSR count). The van der Waals surface area contributed by atoms with E-state index in [2.05, 4.69) is 10.2 Å². The normalized spacial score (nSPS) is 17.5. The van der Waals surface area contributed by atoms with Crippen LogP contribution in [0.3, 0.4) is 0 Å². The third kappa shape index (κ3) is 4.04. The Hall–Kier alpha value is -3.42. The van der Waals surface area contributed by atoms with Crippen LogP contribution in [0.1, 0.15) is 35.2 Å². The van der Waals surface area contributed by atoms with E-state index in [1.165, 1.54) is 15.9 Å². The molecule has 2 aliphatic rings. The van der Waals surface area contributed by atoms with Crippen LogP contribution in [-0.2, 0) is 9.59 Å². The van der Waals surface area contributed by atoms with Crippen LogP contribution >= 0.6 is 0 Å². The Bertz CT molecular complexity index is 1080. The van der Waals surface area contributed by atoms with Gasteiger partial charge in [-0.3, -0.25) is 19.3 Å². The quantitative estimate of drug-likeness (QED) is 0.796. The third-order valence-electron chi connectivity index (χ3n) is 6.04. The first kappa shape index (κ1) is 21.8. The highest BCUT2D eigenvalue weighted by Gasteiger charge is 2.40. The van der Waals surface area contributed by atoms with Crippen molar-refractivity contribution in [1.29, 1.82) is 0 Å². The largest absolute Gasteiger partial charge is 0.358 e. The fourth-order valence-corrected chi connectivity index (χ4v) is 4.33. The monoisotopic (exact) mass is 438 g/mol. The molecule has 32 heavy (non-hydrogen) atoms. The zero-order chi connectivity index (χ0) is 23.0. The van der Waals surface area contributed by atoms with Crippen molar-refractivity contribution in [3.8, 4) is 0 Å². The van der Waals surface area contributed by atoms with Crippen molar-refractivity contribution in [3.05, 3.63) is 53.3 Å². The lowest BCUT2D eigenvalue weighted by Gasteiger charge is -2.45. The van der Waals surface area contributed by atoms with Crippen LogP contribution in [-0.4, -0.2) is 55.8 Å². The number of rotatable bonds is 4. The number of amides is 3. The summed E-state index contributed by atoms with van der Waals surface area (Å²) in [7, 11) is 3.33. The molecule has 1 fully saturated rings. The van der Waals surface area contributed by atoms with E-state index in [1.807, 2.05) is 6.07 Å². The maximum absolute atomic E-state index is 13.9. The number of aryl methyl sites for hydroxylation is 1. The minimum atomic E-state index is -0.429. The fourth-order valence-electron chi connectivity index (χ4n) is 4.33. The van der Waals surface area contributed by atoms with Crippen LogP contribution < -0.4 is 15.1 Å². The number of halogens is 1. The molecule has 0 spiro atoms. The van der Waals surface area contributed by atoms with Crippen molar-refractivity contribution in [1.82, 2.24) is 4.90 Å². The van der Waals surface area contributed by atoms with E-state index in [1.54, 1.807) is 45.3 Å². The summed E-state index contributed by atoms with van der Waals surface area (Å²) in [6.45, 7) is 2.19. The van der Waals surface area contributed by atoms with Gasteiger partial charge in [0.1, 0.15) is 18.4 Å². The highest BCUT2D eigenvalue weighted by Crippen LogP contribution is 2.40. The summed E-state index contributed by atoms with van der Waals surface area (Å²) < 4.78 is 13.9. The lowest BCUT2D eigenvalue weighted by atomic mass is 9.95. The van der Waals surface area contributed by atoms with Crippen LogP contribution in [0.2, 0.25) is 0 Å². The van der Waals surface area contributed by atoms with Crippen LogP contribution in [0.15, 0.2) is 36.4 Å². The molecule has 0 bridgehead atoms. The molecular weight excluding hydrogens is 411 g/mol. The first-order valence-electron chi connectivity index (χ1n) is 10.8. The van der Waals surface area contributed by atoms with Gasteiger partial charge in [-0.25, -0.2) is 4.39 Å². The summed E-state index contributed by atoms with van der Waals surface area (Å²) in [5, 5.41) is 2.67. The van der Waals surface area contributed by atoms with Crippen LogP contribution in [0.25, 0.3) is 0 Å². The predicted molar refractivity (Wildman–Crippen MR) is 122 cm³/mol. The van der Waals surface area contributed by atoms with Crippen molar-refractivity contribution in [2.75, 3.05) is 42.3 Å². The van der Waals surface area contributed by atoms with Gasteiger partial charge in [-0.05, 0) is 62.1 Å². The standard InChI is InChI=1S/C24H27FN4O3/c1-15-7-9-17(13-18(15)25)26-22(30)14-29-21-12-16(23(31)27(2)3)8-10-19(21)28-11-5-4-6-20(28)24(29)32/h7-10,12-13,20H,4-6,11,14H2,1-3H3,(H,26,30). The van der Waals surface area contributed by atoms with Crippen molar-refractivity contribution < 1.29 is 18.8 Å². The number of hydrogen-bond donors (Lipinski definition) is 1. The van der Waals surface area contributed by atoms with E-state index in [9.17, 15) is 18.8 Å². The van der Waals surface area contributed by atoms with Gasteiger partial charge in [-0.15, -0.1) is 0 Å². The molecule has 1 saturated heterocycles. The van der Waals surface area contributed by atoms with Crippen molar-refractivity contribution >= 4 is 34.8 Å². The Morgan fingerprint density at radius 1 is 1.12 bits per heavy atom. The summed E-state index contributed by atoms with van der Waals surface area (Å²) >= 11 is 0. The van der Waals surface area contributed by atoms with Crippen molar-refractivity contribution in [2.24, 2.45) is 0 Å². The molecule has 0 aliphatic carbocycles. The second kappa shape index (κ2) is 8.61. The van der Waals surface area contributed by atoms with E-state index in [0.29, 0.717) is 22.5 Å². The number of nitrogens with zero attached hydrogens (tertiary/aromatic N) is 3. The maximum Gasteiger partial charge on any atom is 0.253 e. The second-order valence-electron chi connectivity index (χ2n) is 8.54. The third-order valence-corrected chi connectivity index (χ3v) is 6.04. The van der Waals surface area contributed by atoms with E-state index < -0.39 is 11.7 Å². The summed E-state index contributed by atoms with van der Waals surface area (Å²) in [6, 6.07) is 9.45. The fraction of sp³-hybridized carbons (Fsp3) is 0.375. The summed E-state index contributed by atoms with van der Waals surface area (Å²) in [4.78, 5) is 43.7. The number of benzene rings is 2. The van der Waals surface area contributed by atoms with Gasteiger partial charge in [0, 0.05) is 31.9 Å². The molecule has 0 aromatic heterocycles. The molecular formula is C24H27FN4O3. The van der Waals surface area contributed by atoms with E-state index in [0.717, 1.165) is 31.5 Å². The first-order chi connectivity index (χ1) is 15.3. The maximum atomic E-state index is 13.9. The van der Waals surface area contributed by atoms with Gasteiger partial charge >= 0.3 is 0 Å². The topological polar surface area (TPSA) is 73.0 Å². The van der Waals surface area contributed by atoms with Crippen LogP contribution in [0, 0.1) is 12.7 Å². The Labute approximate surface area is 186 Å². The molecule has 2 heterocycles. The average molecular weight is 439 g/mol. The minimum Gasteiger partial charge on any atom is -0.358 e.